The zero-order chi connectivity index (χ0) is 6.43. The third kappa shape index (κ3) is 0.473. The molecule has 9 heavy (non-hydrogen) atoms. The van der Waals surface area contributed by atoms with E-state index in [4.69, 9.17) is 11.6 Å². The first kappa shape index (κ1) is 5.00. The lowest BCUT2D eigenvalue weighted by molar-refractivity contribution is 0.102. The van der Waals surface area contributed by atoms with E-state index in [2.05, 4.69) is 0 Å². The number of hydrogen-bond acceptors (Lipinski definition) is 1. The van der Waals surface area contributed by atoms with E-state index >= 15 is 0 Å². The molecular weight excluding hydrogens is 136 g/mol. The SMILES string of the molecule is O=C1c2ccc(Cl)c1c2. The van der Waals surface area contributed by atoms with Crippen molar-refractivity contribution >= 4 is 17.4 Å². The summed E-state index contributed by atoms with van der Waals surface area (Å²) in [6.07, 6.45) is 0. The molecular formula is C7H3ClO. The van der Waals surface area contributed by atoms with Gasteiger partial charge in [-0.05, 0) is 18.2 Å². The van der Waals surface area contributed by atoms with E-state index in [9.17, 15) is 4.79 Å². The van der Waals surface area contributed by atoms with Gasteiger partial charge in [-0.2, -0.15) is 0 Å². The van der Waals surface area contributed by atoms with Gasteiger partial charge in [0.15, 0.2) is 5.78 Å². The number of fused-ring (bicyclic) bond motifs is 2. The maximum atomic E-state index is 10.8. The Morgan fingerprint density at radius 3 is 2.44 bits per heavy atom. The molecule has 0 aromatic heterocycles. The van der Waals surface area contributed by atoms with Crippen molar-refractivity contribution in [2.45, 2.75) is 0 Å². The highest BCUT2D eigenvalue weighted by Gasteiger charge is 2.22. The molecule has 2 aliphatic carbocycles. The van der Waals surface area contributed by atoms with Crippen LogP contribution in [-0.4, -0.2) is 5.78 Å². The van der Waals surface area contributed by atoms with Crippen molar-refractivity contribution in [2.24, 2.45) is 0 Å². The van der Waals surface area contributed by atoms with Crippen LogP contribution in [0.4, 0.5) is 0 Å². The fourth-order valence-electron chi connectivity index (χ4n) is 0.918. The van der Waals surface area contributed by atoms with Crippen LogP contribution >= 0.6 is 11.6 Å². The molecule has 0 amide bonds. The molecule has 0 unspecified atom stereocenters. The summed E-state index contributed by atoms with van der Waals surface area (Å²) in [4.78, 5) is 10.8. The number of rotatable bonds is 0. The third-order valence-electron chi connectivity index (χ3n) is 1.47. The van der Waals surface area contributed by atoms with Crippen LogP contribution in [0.25, 0.3) is 0 Å². The molecule has 0 fully saturated rings. The van der Waals surface area contributed by atoms with Crippen LogP contribution < -0.4 is 0 Å². The van der Waals surface area contributed by atoms with E-state index in [1.54, 1.807) is 18.2 Å². The molecule has 2 aliphatic rings. The van der Waals surface area contributed by atoms with Crippen molar-refractivity contribution in [1.29, 1.82) is 0 Å². The van der Waals surface area contributed by atoms with Gasteiger partial charge >= 0.3 is 0 Å². The molecule has 0 saturated heterocycles. The second-order valence-electron chi connectivity index (χ2n) is 2.02. The van der Waals surface area contributed by atoms with Crippen LogP contribution in [0.3, 0.4) is 0 Å². The minimum Gasteiger partial charge on any atom is -0.289 e. The standard InChI is InChI=1S/C7H3ClO/c8-6-2-1-4-3-5(6)7(4)9/h1-3H. The van der Waals surface area contributed by atoms with Crippen molar-refractivity contribution < 1.29 is 4.79 Å². The average Bonchev–Trinajstić information content (AvgIpc) is 1.86. The Balaban J connectivity index is 2.78. The van der Waals surface area contributed by atoms with Crippen LogP contribution in [0.2, 0.25) is 5.02 Å². The Kier molecular flexibility index (Phi) is 0.758. The molecule has 1 nitrogen and oxygen atoms in total. The summed E-state index contributed by atoms with van der Waals surface area (Å²) in [7, 11) is 0. The van der Waals surface area contributed by atoms with Crippen molar-refractivity contribution in [3.8, 4) is 0 Å². The van der Waals surface area contributed by atoms with Gasteiger partial charge in [-0.1, -0.05) is 11.6 Å². The smallest absolute Gasteiger partial charge is 0.194 e. The topological polar surface area (TPSA) is 17.1 Å². The first-order valence-corrected chi connectivity index (χ1v) is 3.01. The number of carbonyl (C=O) groups is 1. The Morgan fingerprint density at radius 2 is 2.11 bits per heavy atom. The summed E-state index contributed by atoms with van der Waals surface area (Å²) < 4.78 is 0. The van der Waals surface area contributed by atoms with Crippen LogP contribution in [0.1, 0.15) is 15.9 Å². The molecule has 3 rings (SSSR count). The second kappa shape index (κ2) is 1.36. The highest BCUT2D eigenvalue weighted by molar-refractivity contribution is 6.37. The first-order chi connectivity index (χ1) is 4.29. The largest absolute Gasteiger partial charge is 0.289 e. The monoisotopic (exact) mass is 138 g/mol. The van der Waals surface area contributed by atoms with Gasteiger partial charge < -0.3 is 0 Å². The highest BCUT2D eigenvalue weighted by Crippen LogP contribution is 2.28. The summed E-state index contributed by atoms with van der Waals surface area (Å²) in [5.41, 5.74) is 1.43. The van der Waals surface area contributed by atoms with Crippen LogP contribution in [0.15, 0.2) is 18.2 Å². The zero-order valence-corrected chi connectivity index (χ0v) is 5.27. The summed E-state index contributed by atoms with van der Waals surface area (Å²) in [6, 6.07) is 5.27. The molecule has 0 saturated carbocycles. The van der Waals surface area contributed by atoms with Gasteiger partial charge in [0.25, 0.3) is 0 Å². The maximum absolute atomic E-state index is 10.8. The van der Waals surface area contributed by atoms with Gasteiger partial charge in [-0.3, -0.25) is 4.79 Å². The Bertz CT molecular complexity index is 287. The fourth-order valence-corrected chi connectivity index (χ4v) is 1.12. The van der Waals surface area contributed by atoms with Gasteiger partial charge in [0.1, 0.15) is 0 Å². The average molecular weight is 139 g/mol. The number of benzene rings is 1. The third-order valence-corrected chi connectivity index (χ3v) is 1.80. The number of hydrogen-bond donors (Lipinski definition) is 0. The molecule has 0 aliphatic heterocycles. The number of carbonyl (C=O) groups excluding carboxylic acids is 1. The highest BCUT2D eigenvalue weighted by atomic mass is 35.5. The van der Waals surface area contributed by atoms with E-state index < -0.39 is 0 Å². The molecule has 0 N–H and O–H groups in total. The Morgan fingerprint density at radius 1 is 1.33 bits per heavy atom. The van der Waals surface area contributed by atoms with Crippen molar-refractivity contribution in [2.75, 3.05) is 0 Å². The van der Waals surface area contributed by atoms with Crippen LogP contribution in [-0.2, 0) is 0 Å². The van der Waals surface area contributed by atoms with Crippen molar-refractivity contribution in [3.63, 3.8) is 0 Å². The summed E-state index contributed by atoms with van der Waals surface area (Å²) in [5.74, 6) is 0.0856. The van der Waals surface area contributed by atoms with Crippen LogP contribution in [0, 0.1) is 0 Å². The molecule has 2 bridgehead atoms. The van der Waals surface area contributed by atoms with Gasteiger partial charge in [-0.15, -0.1) is 0 Å². The molecule has 2 heteroatoms. The minimum atomic E-state index is 0.0856. The Labute approximate surface area is 57.3 Å². The lowest BCUT2D eigenvalue weighted by Gasteiger charge is -2.13. The normalized spacial score (nSPS) is 13.2. The summed E-state index contributed by atoms with van der Waals surface area (Å²) >= 11 is 5.63. The maximum Gasteiger partial charge on any atom is 0.194 e. The predicted octanol–water partition coefficient (Wildman–Crippen LogP) is 1.88. The molecule has 0 radical (unpaired) electrons. The quantitative estimate of drug-likeness (QED) is 0.543. The lowest BCUT2D eigenvalue weighted by atomic mass is 9.92. The fraction of sp³-hybridized carbons (Fsp3) is 0. The number of ketones is 1. The molecule has 44 valence electrons. The van der Waals surface area contributed by atoms with E-state index in [0.29, 0.717) is 10.6 Å². The van der Waals surface area contributed by atoms with Crippen molar-refractivity contribution in [1.82, 2.24) is 0 Å². The van der Waals surface area contributed by atoms with Gasteiger partial charge in [0.05, 0.1) is 5.02 Å². The Hall–Kier alpha value is -0.820. The first-order valence-electron chi connectivity index (χ1n) is 2.63. The molecule has 0 heterocycles. The summed E-state index contributed by atoms with van der Waals surface area (Å²) in [5, 5.41) is 0.565. The zero-order valence-electron chi connectivity index (χ0n) is 4.52. The number of halogens is 1. The van der Waals surface area contributed by atoms with Gasteiger partial charge in [0.2, 0.25) is 0 Å². The van der Waals surface area contributed by atoms with E-state index in [1.807, 2.05) is 0 Å². The summed E-state index contributed by atoms with van der Waals surface area (Å²) in [6.45, 7) is 0. The molecule has 0 spiro atoms. The van der Waals surface area contributed by atoms with Gasteiger partial charge in [0, 0.05) is 11.1 Å². The van der Waals surface area contributed by atoms with E-state index in [0.717, 1.165) is 5.56 Å². The van der Waals surface area contributed by atoms with E-state index in [1.165, 1.54) is 0 Å². The van der Waals surface area contributed by atoms with Crippen molar-refractivity contribution in [3.05, 3.63) is 34.3 Å². The molecule has 0 atom stereocenters. The minimum absolute atomic E-state index is 0.0856. The molecule has 1 aromatic carbocycles. The van der Waals surface area contributed by atoms with Crippen LogP contribution in [0.5, 0.6) is 0 Å². The van der Waals surface area contributed by atoms with E-state index in [-0.39, 0.29) is 5.78 Å². The second-order valence-corrected chi connectivity index (χ2v) is 2.43. The van der Waals surface area contributed by atoms with Gasteiger partial charge in [-0.25, -0.2) is 0 Å². The predicted molar refractivity (Wildman–Crippen MR) is 34.9 cm³/mol. The lowest BCUT2D eigenvalue weighted by Crippen LogP contribution is -2.12. The molecule has 1 aromatic rings.